The van der Waals surface area contributed by atoms with E-state index in [0.717, 1.165) is 11.9 Å². The zero-order valence-electron chi connectivity index (χ0n) is 6.59. The molecule has 1 heteroatoms. The molecule has 0 spiro atoms. The van der Waals surface area contributed by atoms with Crippen LogP contribution in [0.15, 0.2) is 18.2 Å². The van der Waals surface area contributed by atoms with Crippen LogP contribution in [-0.4, -0.2) is 7.85 Å². The van der Waals surface area contributed by atoms with E-state index in [0.29, 0.717) is 0 Å². The van der Waals surface area contributed by atoms with Crippen molar-refractivity contribution in [2.24, 2.45) is 0 Å². The SMILES string of the molecule is [B]c1cc2c(cc1C)C=CC2. The van der Waals surface area contributed by atoms with Gasteiger partial charge in [-0.2, -0.15) is 0 Å². The fourth-order valence-electron chi connectivity index (χ4n) is 1.44. The Morgan fingerprint density at radius 3 is 3.00 bits per heavy atom. The summed E-state index contributed by atoms with van der Waals surface area (Å²) in [6.07, 6.45) is 5.37. The Hall–Kier alpha value is -0.975. The first-order valence-electron chi connectivity index (χ1n) is 3.83. The number of benzene rings is 1. The number of fused-ring (bicyclic) bond motifs is 1. The predicted octanol–water partition coefficient (Wildman–Crippen LogP) is 1.36. The van der Waals surface area contributed by atoms with Crippen molar-refractivity contribution in [2.75, 3.05) is 0 Å². The predicted molar refractivity (Wildman–Crippen MR) is 49.3 cm³/mol. The fourth-order valence-corrected chi connectivity index (χ4v) is 1.44. The number of hydrogen-bond donors (Lipinski definition) is 0. The van der Waals surface area contributed by atoms with Crippen LogP contribution in [0.3, 0.4) is 0 Å². The first-order chi connectivity index (χ1) is 5.27. The smallest absolute Gasteiger partial charge is 0.0935 e. The first kappa shape index (κ1) is 6.72. The fraction of sp³-hybridized carbons (Fsp3) is 0.200. The quantitative estimate of drug-likeness (QED) is 0.477. The van der Waals surface area contributed by atoms with Crippen LogP contribution in [0.2, 0.25) is 0 Å². The van der Waals surface area contributed by atoms with Crippen molar-refractivity contribution in [3.63, 3.8) is 0 Å². The van der Waals surface area contributed by atoms with Gasteiger partial charge in [0, 0.05) is 0 Å². The van der Waals surface area contributed by atoms with Crippen LogP contribution in [0.25, 0.3) is 6.08 Å². The Bertz CT molecular complexity index is 324. The number of allylic oxidation sites excluding steroid dienone is 1. The van der Waals surface area contributed by atoms with Gasteiger partial charge in [-0.05, 0) is 24.5 Å². The molecule has 0 amide bonds. The van der Waals surface area contributed by atoms with E-state index in [1.807, 2.05) is 6.92 Å². The summed E-state index contributed by atoms with van der Waals surface area (Å²) >= 11 is 0. The van der Waals surface area contributed by atoms with Gasteiger partial charge in [-0.15, -0.1) is 0 Å². The van der Waals surface area contributed by atoms with Gasteiger partial charge < -0.3 is 0 Å². The molecule has 0 N–H and O–H groups in total. The third-order valence-corrected chi connectivity index (χ3v) is 2.16. The van der Waals surface area contributed by atoms with Crippen molar-refractivity contribution in [1.82, 2.24) is 0 Å². The maximum atomic E-state index is 5.77. The Morgan fingerprint density at radius 1 is 1.36 bits per heavy atom. The van der Waals surface area contributed by atoms with Crippen LogP contribution in [0.4, 0.5) is 0 Å². The van der Waals surface area contributed by atoms with E-state index < -0.39 is 0 Å². The summed E-state index contributed by atoms with van der Waals surface area (Å²) < 4.78 is 0. The van der Waals surface area contributed by atoms with Crippen molar-refractivity contribution in [2.45, 2.75) is 13.3 Å². The average molecular weight is 140 g/mol. The van der Waals surface area contributed by atoms with Crippen LogP contribution in [0.1, 0.15) is 16.7 Å². The molecular weight excluding hydrogens is 131 g/mol. The number of rotatable bonds is 0. The van der Waals surface area contributed by atoms with E-state index in [9.17, 15) is 0 Å². The van der Waals surface area contributed by atoms with E-state index in [2.05, 4.69) is 24.3 Å². The van der Waals surface area contributed by atoms with Gasteiger partial charge in [-0.3, -0.25) is 0 Å². The molecule has 0 aromatic heterocycles. The molecule has 0 atom stereocenters. The van der Waals surface area contributed by atoms with E-state index in [-0.39, 0.29) is 0 Å². The van der Waals surface area contributed by atoms with Gasteiger partial charge in [0.15, 0.2) is 0 Å². The molecule has 1 aliphatic rings. The summed E-state index contributed by atoms with van der Waals surface area (Å²) in [5.41, 5.74) is 4.77. The molecule has 0 saturated carbocycles. The minimum Gasteiger partial charge on any atom is -0.0935 e. The molecular formula is C10H9B. The second-order valence-electron chi connectivity index (χ2n) is 3.01. The minimum atomic E-state index is 0.910. The molecule has 11 heavy (non-hydrogen) atoms. The summed E-state index contributed by atoms with van der Waals surface area (Å²) in [4.78, 5) is 0. The van der Waals surface area contributed by atoms with Crippen LogP contribution in [0.5, 0.6) is 0 Å². The Balaban J connectivity index is 2.63. The summed E-state index contributed by atoms with van der Waals surface area (Å²) in [7, 11) is 5.77. The first-order valence-corrected chi connectivity index (χ1v) is 3.83. The van der Waals surface area contributed by atoms with Gasteiger partial charge in [0.25, 0.3) is 0 Å². The van der Waals surface area contributed by atoms with Crippen LogP contribution < -0.4 is 5.46 Å². The average Bonchev–Trinajstić information content (AvgIpc) is 2.36. The maximum absolute atomic E-state index is 5.77. The van der Waals surface area contributed by atoms with Gasteiger partial charge in [0.1, 0.15) is 7.85 Å². The van der Waals surface area contributed by atoms with Gasteiger partial charge in [-0.1, -0.05) is 35.3 Å². The van der Waals surface area contributed by atoms with E-state index >= 15 is 0 Å². The van der Waals surface area contributed by atoms with Crippen molar-refractivity contribution in [3.05, 3.63) is 34.9 Å². The maximum Gasteiger partial charge on any atom is 0.114 e. The largest absolute Gasteiger partial charge is 0.114 e. The summed E-state index contributed by atoms with van der Waals surface area (Å²) in [6.45, 7) is 2.04. The highest BCUT2D eigenvalue weighted by atomic mass is 14.1. The van der Waals surface area contributed by atoms with E-state index in [4.69, 9.17) is 7.85 Å². The Kier molecular flexibility index (Phi) is 1.38. The van der Waals surface area contributed by atoms with Gasteiger partial charge >= 0.3 is 0 Å². The Labute approximate surface area is 68.3 Å². The lowest BCUT2D eigenvalue weighted by atomic mass is 9.88. The molecule has 1 aromatic carbocycles. The Morgan fingerprint density at radius 2 is 2.18 bits per heavy atom. The molecule has 0 heterocycles. The van der Waals surface area contributed by atoms with Crippen LogP contribution in [-0.2, 0) is 6.42 Å². The molecule has 0 aliphatic heterocycles. The zero-order valence-corrected chi connectivity index (χ0v) is 6.59. The summed E-state index contributed by atoms with van der Waals surface area (Å²) in [5.74, 6) is 0. The van der Waals surface area contributed by atoms with Crippen molar-refractivity contribution in [1.29, 1.82) is 0 Å². The normalized spacial score (nSPS) is 13.5. The van der Waals surface area contributed by atoms with Crippen molar-refractivity contribution >= 4 is 19.4 Å². The lowest BCUT2D eigenvalue weighted by molar-refractivity contribution is 1.31. The second kappa shape index (κ2) is 2.26. The monoisotopic (exact) mass is 140 g/mol. The topological polar surface area (TPSA) is 0 Å². The third-order valence-electron chi connectivity index (χ3n) is 2.16. The van der Waals surface area contributed by atoms with E-state index in [1.165, 1.54) is 16.7 Å². The van der Waals surface area contributed by atoms with Crippen molar-refractivity contribution < 1.29 is 0 Å². The van der Waals surface area contributed by atoms with Crippen molar-refractivity contribution in [3.8, 4) is 0 Å². The molecule has 52 valence electrons. The molecule has 2 rings (SSSR count). The minimum absolute atomic E-state index is 0.910. The highest BCUT2D eigenvalue weighted by molar-refractivity contribution is 6.33. The molecule has 0 bridgehead atoms. The van der Waals surface area contributed by atoms with Gasteiger partial charge in [0.05, 0.1) is 0 Å². The lowest BCUT2D eigenvalue weighted by Gasteiger charge is -2.04. The standard InChI is InChI=1S/C10H9B/c1-7-5-8-3-2-4-9(8)6-10(7)11/h2-3,5-6H,4H2,1H3. The lowest BCUT2D eigenvalue weighted by Crippen LogP contribution is -2.08. The molecule has 0 saturated heterocycles. The molecule has 2 radical (unpaired) electrons. The second-order valence-corrected chi connectivity index (χ2v) is 3.01. The highest BCUT2D eigenvalue weighted by Gasteiger charge is 2.05. The summed E-state index contributed by atoms with van der Waals surface area (Å²) in [6, 6.07) is 4.22. The van der Waals surface area contributed by atoms with Gasteiger partial charge in [0.2, 0.25) is 0 Å². The molecule has 0 fully saturated rings. The highest BCUT2D eigenvalue weighted by Crippen LogP contribution is 2.18. The molecule has 0 nitrogen and oxygen atoms in total. The van der Waals surface area contributed by atoms with Gasteiger partial charge in [-0.25, -0.2) is 0 Å². The third kappa shape index (κ3) is 1.01. The van der Waals surface area contributed by atoms with Crippen LogP contribution in [0, 0.1) is 6.92 Å². The molecule has 1 aliphatic carbocycles. The summed E-state index contributed by atoms with van der Waals surface area (Å²) in [5, 5.41) is 0. The van der Waals surface area contributed by atoms with Crippen LogP contribution >= 0.6 is 0 Å². The molecule has 1 aromatic rings. The number of aryl methyl sites for hydroxylation is 1. The number of hydrogen-bond acceptors (Lipinski definition) is 0. The zero-order chi connectivity index (χ0) is 7.84. The van der Waals surface area contributed by atoms with E-state index in [1.54, 1.807) is 0 Å². The molecule has 0 unspecified atom stereocenters.